The molecule has 2 aromatic heterocycles. The van der Waals surface area contributed by atoms with E-state index in [-0.39, 0.29) is 12.1 Å². The number of hydrogen-bond donors (Lipinski definition) is 1. The number of hydrogen-bond acceptors (Lipinski definition) is 3. The highest BCUT2D eigenvalue weighted by molar-refractivity contribution is 5.22. The van der Waals surface area contributed by atoms with E-state index in [1.165, 1.54) is 24.2 Å². The van der Waals surface area contributed by atoms with Crippen LogP contribution in [-0.2, 0) is 12.8 Å². The molecular weight excluding hydrogens is 250 g/mol. The summed E-state index contributed by atoms with van der Waals surface area (Å²) >= 11 is 0. The van der Waals surface area contributed by atoms with Crippen LogP contribution in [0.4, 0.5) is 0 Å². The second-order valence-corrected chi connectivity index (χ2v) is 5.72. The zero-order valence-electron chi connectivity index (χ0n) is 12.3. The maximum absolute atomic E-state index is 6.37. The lowest BCUT2D eigenvalue weighted by Gasteiger charge is -2.25. The Kier molecular flexibility index (Phi) is 3.66. The van der Waals surface area contributed by atoms with E-state index in [9.17, 15) is 0 Å². The molecule has 0 aromatic carbocycles. The van der Waals surface area contributed by atoms with Crippen LogP contribution in [0.2, 0.25) is 0 Å². The van der Waals surface area contributed by atoms with Crippen LogP contribution < -0.4 is 5.73 Å². The summed E-state index contributed by atoms with van der Waals surface area (Å²) in [5, 5.41) is 0. The predicted octanol–water partition coefficient (Wildman–Crippen LogP) is 2.99. The number of imidazole rings is 1. The number of fused-ring (bicyclic) bond motifs is 1. The highest BCUT2D eigenvalue weighted by Gasteiger charge is 2.27. The fourth-order valence-corrected chi connectivity index (χ4v) is 3.12. The third-order valence-electron chi connectivity index (χ3n) is 4.29. The van der Waals surface area contributed by atoms with Gasteiger partial charge in [-0.3, -0.25) is 0 Å². The highest BCUT2D eigenvalue weighted by Crippen LogP contribution is 2.30. The molecule has 2 atom stereocenters. The summed E-state index contributed by atoms with van der Waals surface area (Å²) in [5.74, 6) is 1.88. The normalized spacial score (nSPS) is 17.8. The van der Waals surface area contributed by atoms with E-state index >= 15 is 0 Å². The average molecular weight is 273 g/mol. The molecule has 20 heavy (non-hydrogen) atoms. The van der Waals surface area contributed by atoms with Gasteiger partial charge in [-0.2, -0.15) is 0 Å². The van der Waals surface area contributed by atoms with Crippen LogP contribution in [0.1, 0.15) is 55.1 Å². The summed E-state index contributed by atoms with van der Waals surface area (Å²) in [6, 6.07) is 4.16. The van der Waals surface area contributed by atoms with Gasteiger partial charge in [0.2, 0.25) is 0 Å². The van der Waals surface area contributed by atoms with Gasteiger partial charge in [0.15, 0.2) is 0 Å². The summed E-state index contributed by atoms with van der Waals surface area (Å²) in [6.07, 6.45) is 7.54. The zero-order valence-corrected chi connectivity index (χ0v) is 12.3. The molecule has 0 fully saturated rings. The molecule has 0 saturated heterocycles. The monoisotopic (exact) mass is 273 g/mol. The first-order valence-electron chi connectivity index (χ1n) is 7.57. The Balaban J connectivity index is 2.03. The van der Waals surface area contributed by atoms with Crippen molar-refractivity contribution in [3.05, 3.63) is 41.4 Å². The largest absolute Gasteiger partial charge is 0.464 e. The summed E-state index contributed by atoms with van der Waals surface area (Å²) < 4.78 is 8.11. The molecule has 3 rings (SSSR count). The first kappa shape index (κ1) is 13.4. The molecule has 0 spiro atoms. The SMILES string of the molecule is CCC(N)C(c1ccc(C)o1)n1cnc2c1CCCC2. The summed E-state index contributed by atoms with van der Waals surface area (Å²) in [6.45, 7) is 4.10. The molecular formula is C16H23N3O. The van der Waals surface area contributed by atoms with Gasteiger partial charge >= 0.3 is 0 Å². The van der Waals surface area contributed by atoms with Crippen LogP contribution in [0.15, 0.2) is 22.9 Å². The molecule has 0 aliphatic heterocycles. The second-order valence-electron chi connectivity index (χ2n) is 5.72. The maximum Gasteiger partial charge on any atom is 0.128 e. The molecule has 108 valence electrons. The molecule has 2 unspecified atom stereocenters. The van der Waals surface area contributed by atoms with E-state index in [1.54, 1.807) is 0 Å². The second kappa shape index (κ2) is 5.44. The Morgan fingerprint density at radius 1 is 1.35 bits per heavy atom. The van der Waals surface area contributed by atoms with Crippen LogP contribution in [0.3, 0.4) is 0 Å². The fourth-order valence-electron chi connectivity index (χ4n) is 3.12. The van der Waals surface area contributed by atoms with Crippen molar-refractivity contribution in [3.63, 3.8) is 0 Å². The summed E-state index contributed by atoms with van der Waals surface area (Å²) in [7, 11) is 0. The minimum absolute atomic E-state index is 0.0424. The van der Waals surface area contributed by atoms with Gasteiger partial charge < -0.3 is 14.7 Å². The number of nitrogens with two attached hydrogens (primary N) is 1. The smallest absolute Gasteiger partial charge is 0.128 e. The van der Waals surface area contributed by atoms with E-state index < -0.39 is 0 Å². The minimum atomic E-state index is 0.0424. The lowest BCUT2D eigenvalue weighted by Crippen LogP contribution is -2.33. The van der Waals surface area contributed by atoms with Gasteiger partial charge in [0.1, 0.15) is 17.6 Å². The Bertz CT molecular complexity index is 584. The zero-order chi connectivity index (χ0) is 14.1. The minimum Gasteiger partial charge on any atom is -0.464 e. The summed E-state index contributed by atoms with van der Waals surface area (Å²) in [5.41, 5.74) is 8.96. The van der Waals surface area contributed by atoms with Crippen LogP contribution in [-0.4, -0.2) is 15.6 Å². The number of rotatable bonds is 4. The maximum atomic E-state index is 6.37. The molecule has 1 aliphatic rings. The molecule has 0 radical (unpaired) electrons. The Hall–Kier alpha value is -1.55. The predicted molar refractivity (Wildman–Crippen MR) is 78.7 cm³/mol. The van der Waals surface area contributed by atoms with Gasteiger partial charge in [-0.15, -0.1) is 0 Å². The number of nitrogens with zero attached hydrogens (tertiary/aromatic N) is 2. The van der Waals surface area contributed by atoms with Crippen LogP contribution in [0, 0.1) is 6.92 Å². The van der Waals surface area contributed by atoms with Crippen molar-refractivity contribution in [3.8, 4) is 0 Å². The van der Waals surface area contributed by atoms with Crippen molar-refractivity contribution in [2.24, 2.45) is 5.73 Å². The third-order valence-corrected chi connectivity index (χ3v) is 4.29. The molecule has 0 amide bonds. The van der Waals surface area contributed by atoms with Crippen molar-refractivity contribution >= 4 is 0 Å². The average Bonchev–Trinajstić information content (AvgIpc) is 3.07. The molecule has 4 heteroatoms. The molecule has 2 heterocycles. The van der Waals surface area contributed by atoms with Gasteiger partial charge in [-0.05, 0) is 51.2 Å². The van der Waals surface area contributed by atoms with Crippen LogP contribution >= 0.6 is 0 Å². The van der Waals surface area contributed by atoms with Crippen molar-refractivity contribution in [1.82, 2.24) is 9.55 Å². The fraction of sp³-hybridized carbons (Fsp3) is 0.562. The first-order chi connectivity index (χ1) is 9.70. The molecule has 1 aliphatic carbocycles. The molecule has 2 aromatic rings. The van der Waals surface area contributed by atoms with Gasteiger partial charge in [0.25, 0.3) is 0 Å². The molecule has 4 nitrogen and oxygen atoms in total. The molecule has 2 N–H and O–H groups in total. The number of aromatic nitrogens is 2. The lowest BCUT2D eigenvalue weighted by molar-refractivity contribution is 0.357. The van der Waals surface area contributed by atoms with Gasteiger partial charge in [0, 0.05) is 11.7 Å². The lowest BCUT2D eigenvalue weighted by atomic mass is 9.98. The van der Waals surface area contributed by atoms with Crippen molar-refractivity contribution in [2.75, 3.05) is 0 Å². The Morgan fingerprint density at radius 2 is 2.15 bits per heavy atom. The topological polar surface area (TPSA) is 57.0 Å². The first-order valence-corrected chi connectivity index (χ1v) is 7.57. The Labute approximate surface area is 120 Å². The standard InChI is InChI=1S/C16H23N3O/c1-3-12(17)16(15-9-8-11(2)20-15)19-10-18-13-6-4-5-7-14(13)19/h8-10,12,16H,3-7,17H2,1-2H3. The number of aryl methyl sites for hydroxylation is 2. The van der Waals surface area contributed by atoms with E-state index in [0.29, 0.717) is 0 Å². The Morgan fingerprint density at radius 3 is 2.85 bits per heavy atom. The quantitative estimate of drug-likeness (QED) is 0.931. The van der Waals surface area contributed by atoms with E-state index in [2.05, 4.69) is 16.5 Å². The molecule has 0 bridgehead atoms. The van der Waals surface area contributed by atoms with Gasteiger partial charge in [-0.1, -0.05) is 6.92 Å². The van der Waals surface area contributed by atoms with E-state index in [1.807, 2.05) is 25.4 Å². The van der Waals surface area contributed by atoms with Crippen molar-refractivity contribution in [1.29, 1.82) is 0 Å². The van der Waals surface area contributed by atoms with Gasteiger partial charge in [0.05, 0.1) is 12.0 Å². The van der Waals surface area contributed by atoms with Crippen molar-refractivity contribution < 1.29 is 4.42 Å². The van der Waals surface area contributed by atoms with E-state index in [4.69, 9.17) is 10.2 Å². The van der Waals surface area contributed by atoms with Crippen LogP contribution in [0.25, 0.3) is 0 Å². The summed E-state index contributed by atoms with van der Waals surface area (Å²) in [4.78, 5) is 4.59. The third kappa shape index (κ3) is 2.29. The van der Waals surface area contributed by atoms with Crippen molar-refractivity contribution in [2.45, 2.75) is 58.0 Å². The molecule has 0 saturated carbocycles. The van der Waals surface area contributed by atoms with Gasteiger partial charge in [-0.25, -0.2) is 4.98 Å². The number of furan rings is 1. The van der Waals surface area contributed by atoms with Crippen LogP contribution in [0.5, 0.6) is 0 Å². The highest BCUT2D eigenvalue weighted by atomic mass is 16.3. The van der Waals surface area contributed by atoms with E-state index in [0.717, 1.165) is 30.8 Å².